The average molecular weight is 410 g/mol. The number of oxime groups is 1. The Balaban J connectivity index is 1.68. The average Bonchev–Trinajstić information content (AvgIpc) is 2.67. The molecular formula is C18H17Cl2N3O4. The fourth-order valence-corrected chi connectivity index (χ4v) is 3.15. The van der Waals surface area contributed by atoms with Crippen molar-refractivity contribution in [3.63, 3.8) is 0 Å². The van der Waals surface area contributed by atoms with E-state index >= 15 is 0 Å². The van der Waals surface area contributed by atoms with Crippen molar-refractivity contribution in [2.45, 2.75) is 6.61 Å². The Morgan fingerprint density at radius 1 is 1.22 bits per heavy atom. The first kappa shape index (κ1) is 19.4. The van der Waals surface area contributed by atoms with E-state index in [1.165, 1.54) is 12.3 Å². The maximum absolute atomic E-state index is 11.4. The first-order valence-electron chi connectivity index (χ1n) is 8.25. The van der Waals surface area contributed by atoms with Crippen LogP contribution in [0.1, 0.15) is 11.1 Å². The number of nitrogens with zero attached hydrogens (tertiary/aromatic N) is 3. The van der Waals surface area contributed by atoms with Crippen molar-refractivity contribution in [1.29, 1.82) is 0 Å². The molecular weight excluding hydrogens is 393 g/mol. The third-order valence-electron chi connectivity index (χ3n) is 4.06. The van der Waals surface area contributed by atoms with Crippen molar-refractivity contribution >= 4 is 40.8 Å². The molecule has 2 aromatic rings. The topological polar surface area (TPSA) is 77.2 Å². The standard InChI is InChI=1S/C18H17Cl2N3O4/c19-15-3-2-14(16(20)10-15)12-27-21-11-13-1-4-17(18(9-13)23(24)25)22-5-7-26-8-6-22/h1-4,9-11H,5-8,12H2/b21-11-. The second-order valence-electron chi connectivity index (χ2n) is 5.85. The van der Waals surface area contributed by atoms with Crippen molar-refractivity contribution in [3.8, 4) is 0 Å². The Bertz CT molecular complexity index is 854. The van der Waals surface area contributed by atoms with Crippen LogP contribution in [0, 0.1) is 10.1 Å². The summed E-state index contributed by atoms with van der Waals surface area (Å²) >= 11 is 11.9. The van der Waals surface area contributed by atoms with E-state index in [-0.39, 0.29) is 12.3 Å². The molecule has 0 unspecified atom stereocenters. The van der Waals surface area contributed by atoms with Gasteiger partial charge in [0.15, 0.2) is 0 Å². The van der Waals surface area contributed by atoms with Gasteiger partial charge in [-0.25, -0.2) is 0 Å². The highest BCUT2D eigenvalue weighted by molar-refractivity contribution is 6.35. The molecule has 1 fully saturated rings. The summed E-state index contributed by atoms with van der Waals surface area (Å²) in [5, 5.41) is 16.3. The molecule has 142 valence electrons. The van der Waals surface area contributed by atoms with E-state index in [1.54, 1.807) is 30.3 Å². The summed E-state index contributed by atoms with van der Waals surface area (Å²) in [4.78, 5) is 18.2. The number of anilines is 1. The maximum Gasteiger partial charge on any atom is 0.293 e. The second kappa shape index (κ2) is 9.03. The van der Waals surface area contributed by atoms with Crippen LogP contribution < -0.4 is 4.90 Å². The number of nitro groups is 1. The highest BCUT2D eigenvalue weighted by Gasteiger charge is 2.21. The number of morpholine rings is 1. The van der Waals surface area contributed by atoms with Gasteiger partial charge in [0.2, 0.25) is 0 Å². The van der Waals surface area contributed by atoms with Gasteiger partial charge in [0.1, 0.15) is 12.3 Å². The summed E-state index contributed by atoms with van der Waals surface area (Å²) in [6.45, 7) is 2.53. The summed E-state index contributed by atoms with van der Waals surface area (Å²) in [6, 6.07) is 10.1. The van der Waals surface area contributed by atoms with Crippen LogP contribution in [0.2, 0.25) is 10.0 Å². The van der Waals surface area contributed by atoms with Crippen LogP contribution >= 0.6 is 23.2 Å². The second-order valence-corrected chi connectivity index (χ2v) is 6.69. The molecule has 9 heteroatoms. The van der Waals surface area contributed by atoms with Crippen LogP contribution in [-0.4, -0.2) is 37.4 Å². The fraction of sp³-hybridized carbons (Fsp3) is 0.278. The molecule has 0 radical (unpaired) electrons. The van der Waals surface area contributed by atoms with Crippen LogP contribution in [0.5, 0.6) is 0 Å². The molecule has 0 amide bonds. The molecule has 0 saturated carbocycles. The van der Waals surface area contributed by atoms with Crippen molar-refractivity contribution in [2.24, 2.45) is 5.16 Å². The molecule has 7 nitrogen and oxygen atoms in total. The third-order valence-corrected chi connectivity index (χ3v) is 4.65. The Hall–Kier alpha value is -2.35. The predicted molar refractivity (Wildman–Crippen MR) is 105 cm³/mol. The van der Waals surface area contributed by atoms with Gasteiger partial charge in [-0.05, 0) is 18.2 Å². The normalized spacial score (nSPS) is 14.5. The Labute approximate surface area is 166 Å². The van der Waals surface area contributed by atoms with Crippen molar-refractivity contribution in [3.05, 3.63) is 67.7 Å². The van der Waals surface area contributed by atoms with Gasteiger partial charge in [-0.1, -0.05) is 40.5 Å². The zero-order chi connectivity index (χ0) is 19.2. The third kappa shape index (κ3) is 5.09. The lowest BCUT2D eigenvalue weighted by Crippen LogP contribution is -2.36. The smallest absolute Gasteiger partial charge is 0.293 e. The minimum Gasteiger partial charge on any atom is -0.391 e. The first-order valence-corrected chi connectivity index (χ1v) is 9.00. The van der Waals surface area contributed by atoms with Crippen LogP contribution in [0.15, 0.2) is 41.6 Å². The molecule has 27 heavy (non-hydrogen) atoms. The van der Waals surface area contributed by atoms with E-state index < -0.39 is 4.92 Å². The lowest BCUT2D eigenvalue weighted by atomic mass is 10.1. The quantitative estimate of drug-likeness (QED) is 0.404. The first-order chi connectivity index (χ1) is 13.0. The molecule has 0 aliphatic carbocycles. The van der Waals surface area contributed by atoms with E-state index in [2.05, 4.69) is 5.16 Å². The van der Waals surface area contributed by atoms with E-state index in [4.69, 9.17) is 32.8 Å². The van der Waals surface area contributed by atoms with Crippen LogP contribution in [-0.2, 0) is 16.2 Å². The lowest BCUT2D eigenvalue weighted by Gasteiger charge is -2.28. The molecule has 3 rings (SSSR count). The van der Waals surface area contributed by atoms with E-state index in [1.807, 2.05) is 4.90 Å². The number of ether oxygens (including phenoxy) is 1. The van der Waals surface area contributed by atoms with Gasteiger partial charge in [0.25, 0.3) is 5.69 Å². The number of rotatable bonds is 6. The Morgan fingerprint density at radius 2 is 2.00 bits per heavy atom. The van der Waals surface area contributed by atoms with Gasteiger partial charge in [-0.15, -0.1) is 0 Å². The minimum atomic E-state index is -0.392. The van der Waals surface area contributed by atoms with Gasteiger partial charge in [0, 0.05) is 40.3 Å². The fourth-order valence-electron chi connectivity index (χ4n) is 2.68. The zero-order valence-corrected chi connectivity index (χ0v) is 15.8. The van der Waals surface area contributed by atoms with Crippen molar-refractivity contribution in [1.82, 2.24) is 0 Å². The minimum absolute atomic E-state index is 0.0293. The van der Waals surface area contributed by atoms with Crippen molar-refractivity contribution < 1.29 is 14.5 Å². The highest BCUT2D eigenvalue weighted by Crippen LogP contribution is 2.29. The predicted octanol–water partition coefficient (Wildman–Crippen LogP) is 4.29. The Kier molecular flexibility index (Phi) is 6.49. The van der Waals surface area contributed by atoms with Gasteiger partial charge in [-0.3, -0.25) is 10.1 Å². The molecule has 1 aliphatic rings. The number of nitro benzene ring substituents is 1. The summed E-state index contributed by atoms with van der Waals surface area (Å²) in [5.74, 6) is 0. The maximum atomic E-state index is 11.4. The van der Waals surface area contributed by atoms with Crippen LogP contribution in [0.4, 0.5) is 11.4 Å². The molecule has 0 atom stereocenters. The van der Waals surface area contributed by atoms with Gasteiger partial charge >= 0.3 is 0 Å². The lowest BCUT2D eigenvalue weighted by molar-refractivity contribution is -0.384. The van der Waals surface area contributed by atoms with Crippen molar-refractivity contribution in [2.75, 3.05) is 31.2 Å². The molecule has 2 aromatic carbocycles. The Morgan fingerprint density at radius 3 is 2.70 bits per heavy atom. The SMILES string of the molecule is O=[N+]([O-])c1cc(/C=N\OCc2ccc(Cl)cc2Cl)ccc1N1CCOCC1. The summed E-state index contributed by atoms with van der Waals surface area (Å²) in [5.41, 5.74) is 1.92. The molecule has 1 saturated heterocycles. The van der Waals surface area contributed by atoms with E-state index in [0.29, 0.717) is 47.6 Å². The summed E-state index contributed by atoms with van der Waals surface area (Å²) in [6.07, 6.45) is 1.43. The van der Waals surface area contributed by atoms with Crippen LogP contribution in [0.25, 0.3) is 0 Å². The molecule has 1 heterocycles. The van der Waals surface area contributed by atoms with Gasteiger partial charge in [0.05, 0.1) is 24.4 Å². The molecule has 0 bridgehead atoms. The van der Waals surface area contributed by atoms with E-state index in [0.717, 1.165) is 5.56 Å². The van der Waals surface area contributed by atoms with E-state index in [9.17, 15) is 10.1 Å². The highest BCUT2D eigenvalue weighted by atomic mass is 35.5. The summed E-state index contributed by atoms with van der Waals surface area (Å²) in [7, 11) is 0. The largest absolute Gasteiger partial charge is 0.391 e. The van der Waals surface area contributed by atoms with Gasteiger partial charge < -0.3 is 14.5 Å². The summed E-state index contributed by atoms with van der Waals surface area (Å²) < 4.78 is 5.30. The monoisotopic (exact) mass is 409 g/mol. The number of benzene rings is 2. The zero-order valence-electron chi connectivity index (χ0n) is 14.3. The number of hydrogen-bond acceptors (Lipinski definition) is 6. The number of hydrogen-bond donors (Lipinski definition) is 0. The number of halogens is 2. The molecule has 0 N–H and O–H groups in total. The molecule has 0 spiro atoms. The van der Waals surface area contributed by atoms with Gasteiger partial charge in [-0.2, -0.15) is 0 Å². The molecule has 0 aromatic heterocycles. The molecule has 1 aliphatic heterocycles. The van der Waals surface area contributed by atoms with Crippen LogP contribution in [0.3, 0.4) is 0 Å².